The molecular weight excluding hydrogens is 253 g/mol. The number of rotatable bonds is 5. The maximum atomic E-state index is 13.4. The third-order valence-electron chi connectivity index (χ3n) is 4.01. The highest BCUT2D eigenvalue weighted by Crippen LogP contribution is 2.39. The molecule has 0 radical (unpaired) electrons. The quantitative estimate of drug-likeness (QED) is 0.888. The number of hydrogen-bond acceptors (Lipinski definition) is 2. The molecule has 4 heteroatoms. The Balaban J connectivity index is 2.12. The van der Waals surface area contributed by atoms with Gasteiger partial charge in [0.25, 0.3) is 0 Å². The minimum Gasteiger partial charge on any atom is -0.377 e. The van der Waals surface area contributed by atoms with Gasteiger partial charge in [0, 0.05) is 13.2 Å². The zero-order chi connectivity index (χ0) is 13.2. The first-order valence-corrected chi connectivity index (χ1v) is 6.65. The van der Waals surface area contributed by atoms with Crippen molar-refractivity contribution in [2.75, 3.05) is 14.2 Å². The van der Waals surface area contributed by atoms with Gasteiger partial charge in [-0.05, 0) is 50.4 Å². The molecule has 1 N–H and O–H groups in total. The van der Waals surface area contributed by atoms with E-state index in [9.17, 15) is 4.39 Å². The van der Waals surface area contributed by atoms with E-state index in [2.05, 4.69) is 5.32 Å². The van der Waals surface area contributed by atoms with E-state index >= 15 is 0 Å². The number of methoxy groups -OCH3 is 1. The van der Waals surface area contributed by atoms with Crippen LogP contribution in [0.5, 0.6) is 0 Å². The molecule has 1 aliphatic carbocycles. The molecule has 18 heavy (non-hydrogen) atoms. The SMILES string of the molecule is CNC(Cc1ccc(Cl)c(F)c1)C1(OC)CCC1. The van der Waals surface area contributed by atoms with E-state index in [4.69, 9.17) is 16.3 Å². The summed E-state index contributed by atoms with van der Waals surface area (Å²) >= 11 is 5.69. The third-order valence-corrected chi connectivity index (χ3v) is 4.32. The molecule has 0 aliphatic heterocycles. The predicted molar refractivity (Wildman–Crippen MR) is 71.6 cm³/mol. The molecule has 0 heterocycles. The molecule has 0 amide bonds. The van der Waals surface area contributed by atoms with Gasteiger partial charge in [-0.3, -0.25) is 0 Å². The van der Waals surface area contributed by atoms with Crippen molar-refractivity contribution in [1.82, 2.24) is 5.32 Å². The van der Waals surface area contributed by atoms with Gasteiger partial charge in [-0.1, -0.05) is 17.7 Å². The molecule has 1 atom stereocenters. The van der Waals surface area contributed by atoms with Gasteiger partial charge in [-0.15, -0.1) is 0 Å². The molecule has 100 valence electrons. The Morgan fingerprint density at radius 2 is 2.22 bits per heavy atom. The molecule has 0 spiro atoms. The Hall–Kier alpha value is -0.640. The van der Waals surface area contributed by atoms with E-state index in [1.807, 2.05) is 13.1 Å². The first kappa shape index (κ1) is 13.8. The van der Waals surface area contributed by atoms with E-state index in [1.165, 1.54) is 12.5 Å². The second-order valence-electron chi connectivity index (χ2n) is 4.92. The van der Waals surface area contributed by atoms with Crippen molar-refractivity contribution in [3.05, 3.63) is 34.6 Å². The molecule has 0 saturated heterocycles. The Kier molecular flexibility index (Phi) is 4.25. The van der Waals surface area contributed by atoms with Gasteiger partial charge in [0.15, 0.2) is 0 Å². The summed E-state index contributed by atoms with van der Waals surface area (Å²) in [5, 5.41) is 3.47. The summed E-state index contributed by atoms with van der Waals surface area (Å²) in [5.41, 5.74) is 0.852. The van der Waals surface area contributed by atoms with Gasteiger partial charge in [0.1, 0.15) is 5.82 Å². The molecule has 1 aromatic rings. The largest absolute Gasteiger partial charge is 0.377 e. The maximum absolute atomic E-state index is 13.4. The Morgan fingerprint density at radius 1 is 1.50 bits per heavy atom. The lowest BCUT2D eigenvalue weighted by Crippen LogP contribution is -2.56. The van der Waals surface area contributed by atoms with Crippen molar-refractivity contribution in [2.24, 2.45) is 0 Å². The molecular formula is C14H19ClFNO. The van der Waals surface area contributed by atoms with Crippen LogP contribution in [0.2, 0.25) is 5.02 Å². The normalized spacial score (nSPS) is 19.3. The average Bonchev–Trinajstić information content (AvgIpc) is 2.31. The van der Waals surface area contributed by atoms with Crippen LogP contribution in [0.3, 0.4) is 0 Å². The second kappa shape index (κ2) is 5.55. The van der Waals surface area contributed by atoms with E-state index in [1.54, 1.807) is 13.2 Å². The molecule has 1 aromatic carbocycles. The van der Waals surface area contributed by atoms with Crippen molar-refractivity contribution in [3.63, 3.8) is 0 Å². The Labute approximate surface area is 112 Å². The summed E-state index contributed by atoms with van der Waals surface area (Å²) in [5.74, 6) is -0.357. The van der Waals surface area contributed by atoms with Crippen LogP contribution in [-0.4, -0.2) is 25.8 Å². The van der Waals surface area contributed by atoms with Crippen LogP contribution in [0, 0.1) is 5.82 Å². The fraction of sp³-hybridized carbons (Fsp3) is 0.571. The molecule has 2 rings (SSSR count). The van der Waals surface area contributed by atoms with Crippen LogP contribution >= 0.6 is 11.6 Å². The second-order valence-corrected chi connectivity index (χ2v) is 5.32. The van der Waals surface area contributed by atoms with Gasteiger partial charge in [-0.2, -0.15) is 0 Å². The minimum absolute atomic E-state index is 0.0924. The van der Waals surface area contributed by atoms with E-state index < -0.39 is 0 Å². The summed E-state index contributed by atoms with van der Waals surface area (Å²) < 4.78 is 19.1. The summed E-state index contributed by atoms with van der Waals surface area (Å²) in [6.45, 7) is 0. The number of halogens is 2. The summed E-state index contributed by atoms with van der Waals surface area (Å²) in [6.07, 6.45) is 4.07. The van der Waals surface area contributed by atoms with E-state index in [-0.39, 0.29) is 22.5 Å². The third kappa shape index (κ3) is 2.53. The van der Waals surface area contributed by atoms with Crippen molar-refractivity contribution < 1.29 is 9.13 Å². The highest BCUT2D eigenvalue weighted by Gasteiger charge is 2.43. The van der Waals surface area contributed by atoms with E-state index in [0.29, 0.717) is 0 Å². The van der Waals surface area contributed by atoms with Crippen LogP contribution in [0.25, 0.3) is 0 Å². The average molecular weight is 272 g/mol. The predicted octanol–water partition coefficient (Wildman–Crippen LogP) is 3.18. The monoisotopic (exact) mass is 271 g/mol. The van der Waals surface area contributed by atoms with E-state index in [0.717, 1.165) is 24.8 Å². The zero-order valence-corrected chi connectivity index (χ0v) is 11.6. The van der Waals surface area contributed by atoms with Crippen LogP contribution in [0.15, 0.2) is 18.2 Å². The first-order valence-electron chi connectivity index (χ1n) is 6.27. The van der Waals surface area contributed by atoms with Gasteiger partial charge < -0.3 is 10.1 Å². The van der Waals surface area contributed by atoms with Crippen LogP contribution < -0.4 is 5.32 Å². The Bertz CT molecular complexity index is 415. The Morgan fingerprint density at radius 3 is 2.67 bits per heavy atom. The lowest BCUT2D eigenvalue weighted by molar-refractivity contribution is -0.0966. The smallest absolute Gasteiger partial charge is 0.142 e. The summed E-state index contributed by atoms with van der Waals surface area (Å²) in [4.78, 5) is 0. The molecule has 1 aliphatic rings. The number of benzene rings is 1. The van der Waals surface area contributed by atoms with Crippen molar-refractivity contribution in [3.8, 4) is 0 Å². The number of likely N-dealkylation sites (N-methyl/N-ethyl adjacent to an activating group) is 1. The van der Waals surface area contributed by atoms with Crippen molar-refractivity contribution in [2.45, 2.75) is 37.3 Å². The highest BCUT2D eigenvalue weighted by molar-refractivity contribution is 6.30. The minimum atomic E-state index is -0.357. The van der Waals surface area contributed by atoms with Gasteiger partial charge in [0.05, 0.1) is 10.6 Å². The molecule has 1 fully saturated rings. The molecule has 0 bridgehead atoms. The molecule has 0 aromatic heterocycles. The van der Waals surface area contributed by atoms with Crippen molar-refractivity contribution >= 4 is 11.6 Å². The van der Waals surface area contributed by atoms with Gasteiger partial charge >= 0.3 is 0 Å². The molecule has 2 nitrogen and oxygen atoms in total. The van der Waals surface area contributed by atoms with Crippen LogP contribution in [0.1, 0.15) is 24.8 Å². The number of nitrogens with one attached hydrogen (secondary N) is 1. The van der Waals surface area contributed by atoms with Gasteiger partial charge in [0.2, 0.25) is 0 Å². The number of hydrogen-bond donors (Lipinski definition) is 1. The zero-order valence-electron chi connectivity index (χ0n) is 10.8. The topological polar surface area (TPSA) is 21.3 Å². The highest BCUT2D eigenvalue weighted by atomic mass is 35.5. The van der Waals surface area contributed by atoms with Crippen LogP contribution in [-0.2, 0) is 11.2 Å². The lowest BCUT2D eigenvalue weighted by atomic mass is 9.72. The first-order chi connectivity index (χ1) is 8.61. The molecule has 1 unspecified atom stereocenters. The fourth-order valence-corrected chi connectivity index (χ4v) is 2.79. The number of ether oxygens (including phenoxy) is 1. The van der Waals surface area contributed by atoms with Crippen LogP contribution in [0.4, 0.5) is 4.39 Å². The molecule has 1 saturated carbocycles. The summed E-state index contributed by atoms with van der Waals surface area (Å²) in [6, 6.07) is 5.20. The lowest BCUT2D eigenvalue weighted by Gasteiger charge is -2.46. The standard InChI is InChI=1S/C14H19ClFNO/c1-17-13(14(18-2)6-3-7-14)9-10-4-5-11(15)12(16)8-10/h4-5,8,13,17H,3,6-7,9H2,1-2H3. The van der Waals surface area contributed by atoms with Gasteiger partial charge in [-0.25, -0.2) is 4.39 Å². The maximum Gasteiger partial charge on any atom is 0.142 e. The summed E-state index contributed by atoms with van der Waals surface area (Å²) in [7, 11) is 3.68. The van der Waals surface area contributed by atoms with Crippen molar-refractivity contribution in [1.29, 1.82) is 0 Å². The fourth-order valence-electron chi connectivity index (χ4n) is 2.67.